The fourth-order valence-electron chi connectivity index (χ4n) is 5.75. The van der Waals surface area contributed by atoms with Crippen molar-refractivity contribution in [1.82, 2.24) is 14.7 Å². The summed E-state index contributed by atoms with van der Waals surface area (Å²) in [4.78, 5) is 31.1. The summed E-state index contributed by atoms with van der Waals surface area (Å²) < 4.78 is 11.1. The van der Waals surface area contributed by atoms with Gasteiger partial charge >= 0.3 is 12.2 Å². The first-order valence-electron chi connectivity index (χ1n) is 13.4. The number of carbonyl (C=O) groups is 2. The van der Waals surface area contributed by atoms with Crippen molar-refractivity contribution < 1.29 is 19.1 Å². The van der Waals surface area contributed by atoms with E-state index in [0.717, 1.165) is 70.1 Å². The lowest BCUT2D eigenvalue weighted by Gasteiger charge is -2.46. The van der Waals surface area contributed by atoms with Gasteiger partial charge in [-0.1, -0.05) is 30.3 Å². The van der Waals surface area contributed by atoms with E-state index in [4.69, 9.17) is 9.47 Å². The number of ether oxygens (including phenoxy) is 2. The number of hydrogen-bond donors (Lipinski definition) is 0. The number of amides is 2. The Morgan fingerprint density at radius 3 is 2.06 bits per heavy atom. The van der Waals surface area contributed by atoms with Crippen LogP contribution in [0.2, 0.25) is 0 Å². The summed E-state index contributed by atoms with van der Waals surface area (Å²) in [6, 6.07) is 9.84. The van der Waals surface area contributed by atoms with Crippen molar-refractivity contribution in [3.8, 4) is 0 Å². The van der Waals surface area contributed by atoms with Gasteiger partial charge in [-0.15, -0.1) is 0 Å². The number of rotatable bonds is 4. The maximum atomic E-state index is 12.4. The molecule has 2 aliphatic heterocycles. The summed E-state index contributed by atoms with van der Waals surface area (Å²) in [7, 11) is 0. The topological polar surface area (TPSA) is 62.3 Å². The van der Waals surface area contributed by atoms with Crippen molar-refractivity contribution >= 4 is 12.2 Å². The number of hydrogen-bond acceptors (Lipinski definition) is 5. The fraction of sp³-hybridized carbons (Fsp3) is 0.714. The van der Waals surface area contributed by atoms with E-state index in [1.807, 2.05) is 60.9 Å². The van der Waals surface area contributed by atoms with Crippen molar-refractivity contribution in [2.45, 2.75) is 71.5 Å². The largest absolute Gasteiger partial charge is 0.445 e. The molecule has 0 unspecified atom stereocenters. The third kappa shape index (κ3) is 7.35. The van der Waals surface area contributed by atoms with Gasteiger partial charge in [0.15, 0.2) is 0 Å². The highest BCUT2D eigenvalue weighted by molar-refractivity contribution is 5.68. The van der Waals surface area contributed by atoms with Crippen LogP contribution >= 0.6 is 0 Å². The van der Waals surface area contributed by atoms with E-state index in [2.05, 4.69) is 4.90 Å². The number of piperidine rings is 1. The number of likely N-dealkylation sites (tertiary alicyclic amines) is 1. The Morgan fingerprint density at radius 1 is 0.857 bits per heavy atom. The normalized spacial score (nSPS) is 21.7. The number of benzene rings is 1. The van der Waals surface area contributed by atoms with E-state index in [-0.39, 0.29) is 12.2 Å². The van der Waals surface area contributed by atoms with Crippen LogP contribution in [0.1, 0.15) is 64.9 Å². The summed E-state index contributed by atoms with van der Waals surface area (Å²) in [6.45, 7) is 12.2. The lowest BCUT2D eigenvalue weighted by molar-refractivity contribution is -0.000893. The van der Waals surface area contributed by atoms with Crippen LogP contribution in [0, 0.1) is 11.3 Å². The predicted molar refractivity (Wildman–Crippen MR) is 136 cm³/mol. The second kappa shape index (κ2) is 11.2. The molecule has 0 radical (unpaired) electrons. The van der Waals surface area contributed by atoms with Crippen molar-refractivity contribution in [2.75, 3.05) is 45.8 Å². The van der Waals surface area contributed by atoms with Gasteiger partial charge in [-0.2, -0.15) is 0 Å². The van der Waals surface area contributed by atoms with Gasteiger partial charge in [0, 0.05) is 45.8 Å². The number of nitrogens with zero attached hydrogens (tertiary/aromatic N) is 3. The zero-order valence-corrected chi connectivity index (χ0v) is 21.8. The third-order valence-electron chi connectivity index (χ3n) is 7.99. The molecule has 7 heteroatoms. The van der Waals surface area contributed by atoms with Crippen LogP contribution in [0.4, 0.5) is 9.59 Å². The van der Waals surface area contributed by atoms with Gasteiger partial charge in [0.2, 0.25) is 0 Å². The van der Waals surface area contributed by atoms with Crippen molar-refractivity contribution in [3.63, 3.8) is 0 Å². The van der Waals surface area contributed by atoms with E-state index in [0.29, 0.717) is 12.0 Å². The minimum Gasteiger partial charge on any atom is -0.445 e. The molecular weight excluding hydrogens is 442 g/mol. The average molecular weight is 486 g/mol. The molecule has 1 saturated carbocycles. The van der Waals surface area contributed by atoms with Crippen molar-refractivity contribution in [2.24, 2.45) is 11.3 Å². The average Bonchev–Trinajstić information content (AvgIpc) is 2.84. The number of carbonyl (C=O) groups excluding carboxylic acids is 2. The third-order valence-corrected chi connectivity index (χ3v) is 7.99. The molecule has 0 atom stereocenters. The Bertz CT molecular complexity index is 828. The Labute approximate surface area is 210 Å². The summed E-state index contributed by atoms with van der Waals surface area (Å²) >= 11 is 0. The molecule has 1 spiro atoms. The quantitative estimate of drug-likeness (QED) is 0.590. The molecule has 35 heavy (non-hydrogen) atoms. The lowest BCUT2D eigenvalue weighted by Crippen LogP contribution is -2.50. The van der Waals surface area contributed by atoms with Crippen LogP contribution in [-0.4, -0.2) is 78.3 Å². The Kier molecular flexibility index (Phi) is 8.25. The first kappa shape index (κ1) is 25.8. The summed E-state index contributed by atoms with van der Waals surface area (Å²) in [5, 5.41) is 0. The smallest absolute Gasteiger partial charge is 0.410 e. The van der Waals surface area contributed by atoms with Crippen LogP contribution in [0.3, 0.4) is 0 Å². The molecule has 1 aromatic rings. The Hall–Kier alpha value is -2.28. The molecule has 1 aliphatic carbocycles. The maximum Gasteiger partial charge on any atom is 0.410 e. The Morgan fingerprint density at radius 2 is 1.46 bits per heavy atom. The zero-order chi connectivity index (χ0) is 24.9. The standard InChI is InChI=1S/C28H43N3O4/c1-27(2,3)35-26(33)30-15-13-28(14-16-30)11-9-23(10-12-28)21-29-17-19-31(20-18-29)25(32)34-22-24-7-5-4-6-8-24/h4-8,23H,9-22H2,1-3H3. The van der Waals surface area contributed by atoms with Crippen LogP contribution in [-0.2, 0) is 16.1 Å². The fourth-order valence-corrected chi connectivity index (χ4v) is 5.75. The van der Waals surface area contributed by atoms with Crippen molar-refractivity contribution in [1.29, 1.82) is 0 Å². The molecule has 2 amide bonds. The van der Waals surface area contributed by atoms with Crippen molar-refractivity contribution in [3.05, 3.63) is 35.9 Å². The molecule has 0 N–H and O–H groups in total. The number of piperazine rings is 1. The molecule has 194 valence electrons. The van der Waals surface area contributed by atoms with E-state index < -0.39 is 5.60 Å². The zero-order valence-electron chi connectivity index (χ0n) is 21.8. The first-order chi connectivity index (χ1) is 16.7. The van der Waals surface area contributed by atoms with Gasteiger partial charge < -0.3 is 19.3 Å². The highest BCUT2D eigenvalue weighted by atomic mass is 16.6. The molecular formula is C28H43N3O4. The van der Waals surface area contributed by atoms with Crippen LogP contribution in [0.5, 0.6) is 0 Å². The molecule has 4 rings (SSSR count). The second-order valence-electron chi connectivity index (χ2n) is 11.7. The van der Waals surface area contributed by atoms with E-state index in [9.17, 15) is 9.59 Å². The Balaban J connectivity index is 1.13. The molecule has 2 heterocycles. The van der Waals surface area contributed by atoms with E-state index >= 15 is 0 Å². The van der Waals surface area contributed by atoms with Gasteiger partial charge in [0.25, 0.3) is 0 Å². The van der Waals surface area contributed by atoms with E-state index in [1.54, 1.807) is 0 Å². The van der Waals surface area contributed by atoms with Gasteiger partial charge in [0.05, 0.1) is 0 Å². The second-order valence-corrected chi connectivity index (χ2v) is 11.7. The van der Waals surface area contributed by atoms with Crippen LogP contribution in [0.25, 0.3) is 0 Å². The minimum atomic E-state index is -0.432. The molecule has 2 saturated heterocycles. The maximum absolute atomic E-state index is 12.4. The van der Waals surface area contributed by atoms with Crippen LogP contribution in [0.15, 0.2) is 30.3 Å². The highest BCUT2D eigenvalue weighted by Gasteiger charge is 2.40. The van der Waals surface area contributed by atoms with E-state index in [1.165, 1.54) is 25.7 Å². The first-order valence-corrected chi connectivity index (χ1v) is 13.4. The SMILES string of the molecule is CC(C)(C)OC(=O)N1CCC2(CCC(CN3CCN(C(=O)OCc4ccccc4)CC3)CC2)CC1. The summed E-state index contributed by atoms with van der Waals surface area (Å²) in [5.74, 6) is 0.737. The highest BCUT2D eigenvalue weighted by Crippen LogP contribution is 2.46. The molecule has 1 aromatic carbocycles. The lowest BCUT2D eigenvalue weighted by atomic mass is 9.65. The molecule has 0 aromatic heterocycles. The molecule has 3 fully saturated rings. The molecule has 3 aliphatic rings. The van der Waals surface area contributed by atoms with Gasteiger partial charge in [-0.05, 0) is 76.2 Å². The minimum absolute atomic E-state index is 0.163. The molecule has 0 bridgehead atoms. The monoisotopic (exact) mass is 485 g/mol. The van der Waals surface area contributed by atoms with Crippen LogP contribution < -0.4 is 0 Å². The van der Waals surface area contributed by atoms with Gasteiger partial charge in [0.1, 0.15) is 12.2 Å². The summed E-state index contributed by atoms with van der Waals surface area (Å²) in [6.07, 6.45) is 6.91. The van der Waals surface area contributed by atoms with Gasteiger partial charge in [-0.25, -0.2) is 9.59 Å². The summed E-state index contributed by atoms with van der Waals surface area (Å²) in [5.41, 5.74) is 0.999. The van der Waals surface area contributed by atoms with Gasteiger partial charge in [-0.3, -0.25) is 4.90 Å². The molecule has 7 nitrogen and oxygen atoms in total. The predicted octanol–water partition coefficient (Wildman–Crippen LogP) is 5.15.